The largest absolute Gasteiger partial charge is 0.492 e. The minimum absolute atomic E-state index is 0.234. The fourth-order valence-corrected chi connectivity index (χ4v) is 3.01. The van der Waals surface area contributed by atoms with Crippen LogP contribution < -0.4 is 15.4 Å². The Kier molecular flexibility index (Phi) is 6.44. The third-order valence-electron chi connectivity index (χ3n) is 4.51. The second-order valence-electron chi connectivity index (χ2n) is 7.00. The zero-order valence-corrected chi connectivity index (χ0v) is 17.2. The van der Waals surface area contributed by atoms with Crippen LogP contribution in [0.4, 0.5) is 17.3 Å². The van der Waals surface area contributed by atoms with Gasteiger partial charge in [-0.3, -0.25) is 4.79 Å². The first kappa shape index (κ1) is 20.3. The summed E-state index contributed by atoms with van der Waals surface area (Å²) >= 11 is 0. The summed E-state index contributed by atoms with van der Waals surface area (Å²) in [4.78, 5) is 21.3. The van der Waals surface area contributed by atoms with E-state index in [4.69, 9.17) is 4.74 Å². The lowest BCUT2D eigenvalue weighted by atomic mass is 9.98. The number of rotatable bonds is 7. The van der Waals surface area contributed by atoms with E-state index in [1.54, 1.807) is 0 Å². The molecule has 0 aliphatic heterocycles. The lowest BCUT2D eigenvalue weighted by Gasteiger charge is -2.16. The minimum Gasteiger partial charge on any atom is -0.492 e. The van der Waals surface area contributed by atoms with E-state index in [0.717, 1.165) is 28.3 Å². The number of ether oxygens (including phenoxy) is 1. The number of para-hydroxylation sites is 3. The Morgan fingerprint density at radius 3 is 2.48 bits per heavy atom. The molecule has 0 unspecified atom stereocenters. The molecule has 0 aliphatic rings. The molecule has 0 spiro atoms. The smallest absolute Gasteiger partial charge is 0.258 e. The number of amides is 1. The van der Waals surface area contributed by atoms with Crippen molar-refractivity contribution in [3.63, 3.8) is 0 Å². The van der Waals surface area contributed by atoms with Crippen LogP contribution in [0.1, 0.15) is 48.2 Å². The van der Waals surface area contributed by atoms with Gasteiger partial charge in [0.15, 0.2) is 0 Å². The second kappa shape index (κ2) is 9.19. The summed E-state index contributed by atoms with van der Waals surface area (Å²) in [6, 6.07) is 13.6. The van der Waals surface area contributed by atoms with Crippen LogP contribution in [0.5, 0.6) is 5.75 Å². The number of hydrogen-bond acceptors (Lipinski definition) is 5. The van der Waals surface area contributed by atoms with Crippen molar-refractivity contribution in [2.24, 2.45) is 0 Å². The van der Waals surface area contributed by atoms with E-state index in [1.165, 1.54) is 12.4 Å². The van der Waals surface area contributed by atoms with Gasteiger partial charge < -0.3 is 15.4 Å². The molecule has 1 amide bonds. The molecule has 3 rings (SSSR count). The van der Waals surface area contributed by atoms with Crippen molar-refractivity contribution < 1.29 is 9.53 Å². The van der Waals surface area contributed by atoms with Crippen molar-refractivity contribution in [3.8, 4) is 5.75 Å². The number of carbonyl (C=O) groups is 1. The van der Waals surface area contributed by atoms with Crippen LogP contribution in [0.15, 0.2) is 54.9 Å². The number of aryl methyl sites for hydroxylation is 1. The average Bonchev–Trinajstić information content (AvgIpc) is 2.71. The maximum absolute atomic E-state index is 12.7. The first-order valence-electron chi connectivity index (χ1n) is 9.71. The molecular formula is C23H26N4O2. The monoisotopic (exact) mass is 390 g/mol. The summed E-state index contributed by atoms with van der Waals surface area (Å²) in [7, 11) is 0. The van der Waals surface area contributed by atoms with Crippen LogP contribution in [0, 0.1) is 6.92 Å². The van der Waals surface area contributed by atoms with E-state index < -0.39 is 0 Å². The van der Waals surface area contributed by atoms with Crippen molar-refractivity contribution in [1.82, 2.24) is 9.97 Å². The lowest BCUT2D eigenvalue weighted by molar-refractivity contribution is 0.102. The Morgan fingerprint density at radius 1 is 1.07 bits per heavy atom. The van der Waals surface area contributed by atoms with Gasteiger partial charge >= 0.3 is 0 Å². The van der Waals surface area contributed by atoms with Gasteiger partial charge in [-0.1, -0.05) is 44.2 Å². The highest BCUT2D eigenvalue weighted by atomic mass is 16.5. The maximum Gasteiger partial charge on any atom is 0.258 e. The molecule has 6 heteroatoms. The van der Waals surface area contributed by atoms with Gasteiger partial charge in [-0.05, 0) is 43.0 Å². The van der Waals surface area contributed by atoms with Crippen molar-refractivity contribution in [3.05, 3.63) is 71.5 Å². The molecule has 0 bridgehead atoms. The minimum atomic E-state index is -0.234. The van der Waals surface area contributed by atoms with E-state index in [1.807, 2.05) is 56.3 Å². The number of nitrogens with zero attached hydrogens (tertiary/aromatic N) is 2. The summed E-state index contributed by atoms with van der Waals surface area (Å²) in [5.41, 5.74) is 4.14. The first-order chi connectivity index (χ1) is 14.0. The highest BCUT2D eigenvalue weighted by molar-refractivity contribution is 6.04. The Bertz CT molecular complexity index is 984. The Labute approximate surface area is 171 Å². The predicted octanol–water partition coefficient (Wildman–Crippen LogP) is 5.30. The number of hydrogen-bond donors (Lipinski definition) is 2. The van der Waals surface area contributed by atoms with E-state index in [2.05, 4.69) is 34.4 Å². The predicted molar refractivity (Wildman–Crippen MR) is 116 cm³/mol. The number of anilines is 3. The van der Waals surface area contributed by atoms with Crippen molar-refractivity contribution in [2.75, 3.05) is 17.2 Å². The SMILES string of the molecule is CCOc1ccccc1Nc1ncc(C(=O)Nc2c(C)cccc2C(C)C)cn1. The molecule has 29 heavy (non-hydrogen) atoms. The molecule has 6 nitrogen and oxygen atoms in total. The highest BCUT2D eigenvalue weighted by Crippen LogP contribution is 2.28. The maximum atomic E-state index is 12.7. The van der Waals surface area contributed by atoms with Gasteiger partial charge in [-0.25, -0.2) is 9.97 Å². The normalized spacial score (nSPS) is 10.7. The topological polar surface area (TPSA) is 76.1 Å². The second-order valence-corrected chi connectivity index (χ2v) is 7.00. The number of aromatic nitrogens is 2. The molecule has 2 N–H and O–H groups in total. The number of carbonyl (C=O) groups excluding carboxylic acids is 1. The van der Waals surface area contributed by atoms with Crippen molar-refractivity contribution in [2.45, 2.75) is 33.6 Å². The molecule has 0 saturated carbocycles. The molecule has 1 heterocycles. The molecule has 2 aromatic carbocycles. The third-order valence-corrected chi connectivity index (χ3v) is 4.51. The molecule has 150 valence electrons. The number of benzene rings is 2. The van der Waals surface area contributed by atoms with Crippen molar-refractivity contribution in [1.29, 1.82) is 0 Å². The Hall–Kier alpha value is -3.41. The van der Waals surface area contributed by atoms with Crippen LogP contribution in [0.3, 0.4) is 0 Å². The van der Waals surface area contributed by atoms with Gasteiger partial charge in [0, 0.05) is 18.1 Å². The average molecular weight is 390 g/mol. The molecule has 0 atom stereocenters. The van der Waals surface area contributed by atoms with Crippen LogP contribution in [0.2, 0.25) is 0 Å². The molecule has 0 aliphatic carbocycles. The van der Waals surface area contributed by atoms with Gasteiger partial charge in [0.2, 0.25) is 5.95 Å². The third kappa shape index (κ3) is 4.90. The Morgan fingerprint density at radius 2 is 1.79 bits per heavy atom. The van der Waals surface area contributed by atoms with Gasteiger partial charge in [0.25, 0.3) is 5.91 Å². The van der Waals surface area contributed by atoms with Crippen molar-refractivity contribution >= 4 is 23.2 Å². The van der Waals surface area contributed by atoms with Crippen LogP contribution in [-0.4, -0.2) is 22.5 Å². The fraction of sp³-hybridized carbons (Fsp3) is 0.261. The molecule has 0 radical (unpaired) electrons. The number of nitrogens with one attached hydrogen (secondary N) is 2. The summed E-state index contributed by atoms with van der Waals surface area (Å²) in [5.74, 6) is 1.19. The zero-order valence-electron chi connectivity index (χ0n) is 17.2. The molecule has 0 saturated heterocycles. The summed E-state index contributed by atoms with van der Waals surface area (Å²) in [5, 5.41) is 6.14. The summed E-state index contributed by atoms with van der Waals surface area (Å²) in [6.07, 6.45) is 3.03. The van der Waals surface area contributed by atoms with Gasteiger partial charge in [-0.2, -0.15) is 0 Å². The van der Waals surface area contributed by atoms with E-state index >= 15 is 0 Å². The molecule has 3 aromatic rings. The van der Waals surface area contributed by atoms with Gasteiger partial charge in [0.05, 0.1) is 17.9 Å². The van der Waals surface area contributed by atoms with Gasteiger partial charge in [-0.15, -0.1) is 0 Å². The fourth-order valence-electron chi connectivity index (χ4n) is 3.01. The zero-order chi connectivity index (χ0) is 20.8. The van der Waals surface area contributed by atoms with E-state index in [9.17, 15) is 4.79 Å². The van der Waals surface area contributed by atoms with Crippen LogP contribution >= 0.6 is 0 Å². The summed E-state index contributed by atoms with van der Waals surface area (Å²) in [6.45, 7) is 8.69. The Balaban J connectivity index is 1.75. The lowest BCUT2D eigenvalue weighted by Crippen LogP contribution is -2.15. The van der Waals surface area contributed by atoms with E-state index in [0.29, 0.717) is 24.0 Å². The highest BCUT2D eigenvalue weighted by Gasteiger charge is 2.14. The van der Waals surface area contributed by atoms with Crippen LogP contribution in [0.25, 0.3) is 0 Å². The summed E-state index contributed by atoms with van der Waals surface area (Å²) < 4.78 is 5.60. The molecule has 1 aromatic heterocycles. The molecule has 0 fully saturated rings. The standard InChI is InChI=1S/C23H26N4O2/c1-5-29-20-12-7-6-11-19(20)26-23-24-13-17(14-25-23)22(28)27-21-16(4)9-8-10-18(21)15(2)3/h6-15H,5H2,1-4H3,(H,27,28)(H,24,25,26). The quantitative estimate of drug-likeness (QED) is 0.572. The van der Waals surface area contributed by atoms with E-state index in [-0.39, 0.29) is 5.91 Å². The van der Waals surface area contributed by atoms with Gasteiger partial charge in [0.1, 0.15) is 5.75 Å². The van der Waals surface area contributed by atoms with Crippen LogP contribution in [-0.2, 0) is 0 Å². The molecular weight excluding hydrogens is 364 g/mol. The first-order valence-corrected chi connectivity index (χ1v) is 9.71.